The molecule has 9 nitrogen and oxygen atoms in total. The molecule has 0 radical (unpaired) electrons. The van der Waals surface area contributed by atoms with Crippen LogP contribution in [0, 0.1) is 28.1 Å². The lowest BCUT2D eigenvalue weighted by Crippen LogP contribution is -2.60. The predicted molar refractivity (Wildman–Crippen MR) is 125 cm³/mol. The first kappa shape index (κ1) is 27.1. The SMILES string of the molecule is C[C@@]1(CO[C@@H]2O[C@H](CO)[C@@H](O)[C@H](O)[C@H]2O)CC(=O)C[C@@]2(C)[C@@H]3CC[C@](C)([C@H](O)CO)C=C3CC[C@H]12. The summed E-state index contributed by atoms with van der Waals surface area (Å²) in [5.41, 5.74) is -0.00667. The second-order valence-electron chi connectivity index (χ2n) is 12.2. The van der Waals surface area contributed by atoms with Gasteiger partial charge in [-0.3, -0.25) is 4.79 Å². The van der Waals surface area contributed by atoms with Crippen molar-refractivity contribution in [1.82, 2.24) is 0 Å². The molecule has 0 spiro atoms. The summed E-state index contributed by atoms with van der Waals surface area (Å²) in [6.07, 6.45) is -1.27. The van der Waals surface area contributed by atoms with E-state index in [2.05, 4.69) is 13.0 Å². The fourth-order valence-electron chi connectivity index (χ4n) is 7.67. The average molecular weight is 499 g/mol. The Morgan fingerprint density at radius 1 is 1.09 bits per heavy atom. The zero-order chi connectivity index (χ0) is 25.8. The predicted octanol–water partition coefficient (Wildman–Crippen LogP) is 0.284. The molecule has 0 unspecified atom stereocenters. The third-order valence-corrected chi connectivity index (χ3v) is 9.63. The van der Waals surface area contributed by atoms with Crippen LogP contribution in [0.3, 0.4) is 0 Å². The Kier molecular flexibility index (Phi) is 7.57. The molecule has 3 aliphatic carbocycles. The van der Waals surface area contributed by atoms with Crippen LogP contribution >= 0.6 is 0 Å². The van der Waals surface area contributed by atoms with Gasteiger partial charge in [0.15, 0.2) is 6.29 Å². The first-order valence-electron chi connectivity index (χ1n) is 12.8. The summed E-state index contributed by atoms with van der Waals surface area (Å²) in [6.45, 7) is 5.53. The molecule has 1 aliphatic heterocycles. The molecule has 200 valence electrons. The quantitative estimate of drug-likeness (QED) is 0.283. The number of ether oxygens (including phenoxy) is 2. The molecule has 9 heteroatoms. The summed E-state index contributed by atoms with van der Waals surface area (Å²) in [5, 5.41) is 59.9. The lowest BCUT2D eigenvalue weighted by molar-refractivity contribution is -0.309. The molecule has 0 aromatic heterocycles. The van der Waals surface area contributed by atoms with Crippen LogP contribution in [0.1, 0.15) is 59.3 Å². The molecular formula is C26H42O9. The fraction of sp³-hybridized carbons (Fsp3) is 0.885. The van der Waals surface area contributed by atoms with Crippen molar-refractivity contribution < 1.29 is 44.9 Å². The van der Waals surface area contributed by atoms with Gasteiger partial charge in [0.2, 0.25) is 0 Å². The maximum Gasteiger partial charge on any atom is 0.186 e. The Morgan fingerprint density at radius 3 is 2.46 bits per heavy atom. The van der Waals surface area contributed by atoms with Crippen LogP contribution in [-0.2, 0) is 14.3 Å². The van der Waals surface area contributed by atoms with Crippen LogP contribution < -0.4 is 0 Å². The topological polar surface area (TPSA) is 157 Å². The highest BCUT2D eigenvalue weighted by atomic mass is 16.7. The van der Waals surface area contributed by atoms with E-state index >= 15 is 0 Å². The van der Waals surface area contributed by atoms with E-state index in [0.717, 1.165) is 25.7 Å². The smallest absolute Gasteiger partial charge is 0.186 e. The molecule has 11 atom stereocenters. The van der Waals surface area contributed by atoms with E-state index in [4.69, 9.17) is 9.47 Å². The molecule has 2 saturated carbocycles. The molecule has 35 heavy (non-hydrogen) atoms. The first-order chi connectivity index (χ1) is 16.4. The summed E-state index contributed by atoms with van der Waals surface area (Å²) in [4.78, 5) is 13.1. The van der Waals surface area contributed by atoms with Crippen LogP contribution in [-0.4, -0.2) is 93.1 Å². The van der Waals surface area contributed by atoms with Crippen LogP contribution in [0.5, 0.6) is 0 Å². The number of fused-ring (bicyclic) bond motifs is 3. The van der Waals surface area contributed by atoms with Crippen LogP contribution in [0.25, 0.3) is 0 Å². The van der Waals surface area contributed by atoms with E-state index < -0.39 is 54.2 Å². The van der Waals surface area contributed by atoms with Gasteiger partial charge < -0.3 is 40.1 Å². The molecular weight excluding hydrogens is 456 g/mol. The van der Waals surface area contributed by atoms with Gasteiger partial charge in [0.05, 0.1) is 25.9 Å². The van der Waals surface area contributed by atoms with E-state index in [1.165, 1.54) is 5.57 Å². The molecule has 4 rings (SSSR count). The number of rotatable bonds is 6. The zero-order valence-electron chi connectivity index (χ0n) is 21.0. The number of hydrogen-bond donors (Lipinski definition) is 6. The monoisotopic (exact) mass is 498 g/mol. The van der Waals surface area contributed by atoms with Crippen LogP contribution in [0.2, 0.25) is 0 Å². The standard InChI is InChI=1S/C26H42O9/c1-24(19(30)12-28)7-6-16-14(8-24)4-5-18-25(2,9-15(29)10-26(16,18)3)13-34-23-22(33)21(32)20(31)17(11-27)35-23/h8,16-23,27-28,30-33H,4-7,9-13H2,1-3H3/t16-,17-,18-,19-,20-,21+,22-,23-,24+,25+,26+/m1/s1. The average Bonchev–Trinajstić information content (AvgIpc) is 2.80. The van der Waals surface area contributed by atoms with Gasteiger partial charge in [-0.25, -0.2) is 0 Å². The normalized spacial score (nSPS) is 49.1. The van der Waals surface area contributed by atoms with E-state index in [0.29, 0.717) is 12.8 Å². The third-order valence-electron chi connectivity index (χ3n) is 9.63. The highest BCUT2D eigenvalue weighted by molar-refractivity contribution is 5.81. The van der Waals surface area contributed by atoms with Crippen molar-refractivity contribution in [3.8, 4) is 0 Å². The molecule has 6 N–H and O–H groups in total. The van der Waals surface area contributed by atoms with Crippen LogP contribution in [0.4, 0.5) is 0 Å². The number of aliphatic hydroxyl groups excluding tert-OH is 6. The number of carbonyl (C=O) groups excluding carboxylic acids is 1. The first-order valence-corrected chi connectivity index (χ1v) is 12.8. The largest absolute Gasteiger partial charge is 0.394 e. The summed E-state index contributed by atoms with van der Waals surface area (Å²) >= 11 is 0. The Hall–Kier alpha value is -0.910. The molecule has 1 saturated heterocycles. The molecule has 0 bridgehead atoms. The van der Waals surface area contributed by atoms with Crippen molar-refractivity contribution in [2.45, 2.75) is 96.1 Å². The van der Waals surface area contributed by atoms with Gasteiger partial charge in [-0.15, -0.1) is 0 Å². The number of Topliss-reactive ketones (excluding diaryl/α,β-unsaturated/α-hetero) is 1. The Bertz CT molecular complexity index is 830. The summed E-state index contributed by atoms with van der Waals surface area (Å²) in [7, 11) is 0. The molecule has 1 heterocycles. The van der Waals surface area contributed by atoms with Gasteiger partial charge in [-0.2, -0.15) is 0 Å². The molecule has 3 fully saturated rings. The fourth-order valence-corrected chi connectivity index (χ4v) is 7.67. The number of aliphatic hydroxyl groups is 6. The van der Waals surface area contributed by atoms with E-state index in [1.54, 1.807) is 0 Å². The van der Waals surface area contributed by atoms with Crippen molar-refractivity contribution in [2.75, 3.05) is 19.8 Å². The van der Waals surface area contributed by atoms with E-state index in [-0.39, 0.29) is 36.2 Å². The molecule has 0 aromatic carbocycles. The third kappa shape index (κ3) is 4.63. The minimum atomic E-state index is -1.51. The van der Waals surface area contributed by atoms with Crippen molar-refractivity contribution in [1.29, 1.82) is 0 Å². The maximum atomic E-state index is 13.1. The van der Waals surface area contributed by atoms with E-state index in [1.807, 2.05) is 13.8 Å². The molecule has 0 amide bonds. The lowest BCUT2D eigenvalue weighted by Gasteiger charge is -2.60. The minimum Gasteiger partial charge on any atom is -0.394 e. The van der Waals surface area contributed by atoms with E-state index in [9.17, 15) is 35.4 Å². The number of hydrogen-bond acceptors (Lipinski definition) is 9. The number of ketones is 1. The van der Waals surface area contributed by atoms with Gasteiger partial charge in [-0.1, -0.05) is 32.4 Å². The van der Waals surface area contributed by atoms with Crippen molar-refractivity contribution >= 4 is 5.78 Å². The van der Waals surface area contributed by atoms with Crippen molar-refractivity contribution in [3.63, 3.8) is 0 Å². The highest BCUT2D eigenvalue weighted by Gasteiger charge is 2.59. The second kappa shape index (κ2) is 9.76. The van der Waals surface area contributed by atoms with Gasteiger partial charge >= 0.3 is 0 Å². The molecule has 4 aliphatic rings. The lowest BCUT2D eigenvalue weighted by atomic mass is 9.45. The maximum absolute atomic E-state index is 13.1. The Balaban J connectivity index is 1.54. The molecule has 0 aromatic rings. The summed E-state index contributed by atoms with van der Waals surface area (Å²) in [5.74, 6) is 0.538. The number of allylic oxidation sites excluding steroid dienone is 1. The van der Waals surface area contributed by atoms with Crippen LogP contribution in [0.15, 0.2) is 11.6 Å². The van der Waals surface area contributed by atoms with Gasteiger partial charge in [0.25, 0.3) is 0 Å². The summed E-state index contributed by atoms with van der Waals surface area (Å²) < 4.78 is 11.5. The summed E-state index contributed by atoms with van der Waals surface area (Å²) in [6, 6.07) is 0. The Labute approximate surface area is 206 Å². The second-order valence-corrected chi connectivity index (χ2v) is 12.2. The van der Waals surface area contributed by atoms with Gasteiger partial charge in [0.1, 0.15) is 30.2 Å². The Morgan fingerprint density at radius 2 is 1.80 bits per heavy atom. The number of carbonyl (C=O) groups is 1. The highest BCUT2D eigenvalue weighted by Crippen LogP contribution is 2.63. The zero-order valence-corrected chi connectivity index (χ0v) is 21.0. The van der Waals surface area contributed by atoms with Crippen molar-refractivity contribution in [2.24, 2.45) is 28.1 Å². The van der Waals surface area contributed by atoms with Gasteiger partial charge in [-0.05, 0) is 42.9 Å². The van der Waals surface area contributed by atoms with Crippen molar-refractivity contribution in [3.05, 3.63) is 11.6 Å². The minimum absolute atomic E-state index is 0.133. The van der Waals surface area contributed by atoms with Gasteiger partial charge in [0, 0.05) is 23.7 Å².